The SMILES string of the molecule is CCCCC/C=C/[C@H]1C=C[C@H](O)C1. The first kappa shape index (κ1) is 10.5. The molecule has 0 radical (unpaired) electrons. The van der Waals surface area contributed by atoms with Gasteiger partial charge in [0.15, 0.2) is 0 Å². The molecule has 0 spiro atoms. The highest BCUT2D eigenvalue weighted by Crippen LogP contribution is 2.19. The zero-order valence-electron chi connectivity index (χ0n) is 8.45. The monoisotopic (exact) mass is 180 g/mol. The third-order valence-electron chi connectivity index (χ3n) is 2.45. The molecule has 0 aromatic heterocycles. The largest absolute Gasteiger partial charge is 0.389 e. The molecule has 0 heterocycles. The van der Waals surface area contributed by atoms with E-state index in [1.54, 1.807) is 0 Å². The summed E-state index contributed by atoms with van der Waals surface area (Å²) in [5.41, 5.74) is 0. The molecule has 1 nitrogen and oxygen atoms in total. The molecule has 13 heavy (non-hydrogen) atoms. The van der Waals surface area contributed by atoms with Crippen molar-refractivity contribution < 1.29 is 5.11 Å². The highest BCUT2D eigenvalue weighted by atomic mass is 16.3. The predicted octanol–water partition coefficient (Wildman–Crippen LogP) is 3.06. The summed E-state index contributed by atoms with van der Waals surface area (Å²) in [7, 11) is 0. The number of aliphatic hydroxyl groups is 1. The Hall–Kier alpha value is -0.560. The molecular weight excluding hydrogens is 160 g/mol. The molecule has 1 rings (SSSR count). The van der Waals surface area contributed by atoms with Crippen molar-refractivity contribution in [2.24, 2.45) is 5.92 Å². The van der Waals surface area contributed by atoms with Crippen LogP contribution >= 0.6 is 0 Å². The average Bonchev–Trinajstić information content (AvgIpc) is 2.51. The van der Waals surface area contributed by atoms with Crippen molar-refractivity contribution in [1.29, 1.82) is 0 Å². The summed E-state index contributed by atoms with van der Waals surface area (Å²) in [6.45, 7) is 2.22. The molecule has 0 aromatic rings. The maximum Gasteiger partial charge on any atom is 0.0729 e. The Morgan fingerprint density at radius 1 is 1.38 bits per heavy atom. The fourth-order valence-corrected chi connectivity index (χ4v) is 1.63. The van der Waals surface area contributed by atoms with Gasteiger partial charge >= 0.3 is 0 Å². The van der Waals surface area contributed by atoms with Crippen LogP contribution in [0.2, 0.25) is 0 Å². The number of aliphatic hydroxyl groups excluding tert-OH is 1. The quantitative estimate of drug-likeness (QED) is 0.509. The average molecular weight is 180 g/mol. The van der Waals surface area contributed by atoms with Gasteiger partial charge in [-0.25, -0.2) is 0 Å². The van der Waals surface area contributed by atoms with Crippen LogP contribution in [-0.4, -0.2) is 11.2 Å². The first-order valence-electron chi connectivity index (χ1n) is 5.36. The Morgan fingerprint density at radius 3 is 2.85 bits per heavy atom. The van der Waals surface area contributed by atoms with Gasteiger partial charge in [0.2, 0.25) is 0 Å². The molecule has 0 aromatic carbocycles. The second-order valence-electron chi connectivity index (χ2n) is 3.78. The number of hydrogen-bond donors (Lipinski definition) is 1. The first-order chi connectivity index (χ1) is 6.33. The minimum absolute atomic E-state index is 0.203. The van der Waals surface area contributed by atoms with Crippen molar-refractivity contribution in [3.63, 3.8) is 0 Å². The molecule has 0 aliphatic heterocycles. The minimum Gasteiger partial charge on any atom is -0.389 e. The van der Waals surface area contributed by atoms with Gasteiger partial charge in [-0.15, -0.1) is 0 Å². The maximum absolute atomic E-state index is 9.22. The second-order valence-corrected chi connectivity index (χ2v) is 3.78. The van der Waals surface area contributed by atoms with Gasteiger partial charge in [0.05, 0.1) is 6.10 Å². The molecule has 0 amide bonds. The molecule has 74 valence electrons. The zero-order valence-corrected chi connectivity index (χ0v) is 8.45. The van der Waals surface area contributed by atoms with Crippen LogP contribution in [0.1, 0.15) is 39.0 Å². The molecule has 1 heteroatoms. The van der Waals surface area contributed by atoms with E-state index in [4.69, 9.17) is 0 Å². The number of unbranched alkanes of at least 4 members (excludes halogenated alkanes) is 3. The van der Waals surface area contributed by atoms with Crippen LogP contribution in [0.25, 0.3) is 0 Å². The van der Waals surface area contributed by atoms with E-state index >= 15 is 0 Å². The van der Waals surface area contributed by atoms with Crippen LogP contribution < -0.4 is 0 Å². The molecule has 1 N–H and O–H groups in total. The van der Waals surface area contributed by atoms with E-state index in [0.29, 0.717) is 5.92 Å². The van der Waals surface area contributed by atoms with E-state index < -0.39 is 0 Å². The normalized spacial score (nSPS) is 27.5. The Bertz CT molecular complexity index is 182. The summed E-state index contributed by atoms with van der Waals surface area (Å²) in [6, 6.07) is 0. The Morgan fingerprint density at radius 2 is 2.23 bits per heavy atom. The van der Waals surface area contributed by atoms with Gasteiger partial charge < -0.3 is 5.11 Å². The minimum atomic E-state index is -0.203. The third-order valence-corrected chi connectivity index (χ3v) is 2.45. The van der Waals surface area contributed by atoms with Crippen molar-refractivity contribution in [3.8, 4) is 0 Å². The lowest BCUT2D eigenvalue weighted by Crippen LogP contribution is -1.99. The van der Waals surface area contributed by atoms with E-state index in [1.165, 1.54) is 25.7 Å². The summed E-state index contributed by atoms with van der Waals surface area (Å²) in [6.07, 6.45) is 14.2. The lowest BCUT2D eigenvalue weighted by molar-refractivity contribution is 0.216. The van der Waals surface area contributed by atoms with Crippen LogP contribution in [0.3, 0.4) is 0 Å². The van der Waals surface area contributed by atoms with Gasteiger partial charge in [-0.1, -0.05) is 44.1 Å². The van der Waals surface area contributed by atoms with E-state index in [1.807, 2.05) is 6.08 Å². The van der Waals surface area contributed by atoms with E-state index in [9.17, 15) is 5.11 Å². The van der Waals surface area contributed by atoms with Crippen LogP contribution in [0.4, 0.5) is 0 Å². The fraction of sp³-hybridized carbons (Fsp3) is 0.667. The van der Waals surface area contributed by atoms with E-state index in [0.717, 1.165) is 6.42 Å². The van der Waals surface area contributed by atoms with Gasteiger partial charge in [0.1, 0.15) is 0 Å². The Labute approximate surface area is 81.2 Å². The highest BCUT2D eigenvalue weighted by Gasteiger charge is 2.12. The third kappa shape index (κ3) is 4.28. The van der Waals surface area contributed by atoms with E-state index in [-0.39, 0.29) is 6.10 Å². The number of rotatable bonds is 5. The van der Waals surface area contributed by atoms with Gasteiger partial charge in [-0.3, -0.25) is 0 Å². The number of hydrogen-bond acceptors (Lipinski definition) is 1. The van der Waals surface area contributed by atoms with Crippen LogP contribution in [-0.2, 0) is 0 Å². The predicted molar refractivity (Wildman–Crippen MR) is 56.5 cm³/mol. The number of allylic oxidation sites excluding steroid dienone is 3. The highest BCUT2D eigenvalue weighted by molar-refractivity contribution is 5.09. The Kier molecular flexibility index (Phi) is 4.84. The molecule has 0 saturated heterocycles. The smallest absolute Gasteiger partial charge is 0.0729 e. The van der Waals surface area contributed by atoms with Gasteiger partial charge in [0.25, 0.3) is 0 Å². The zero-order chi connectivity index (χ0) is 9.52. The van der Waals surface area contributed by atoms with Crippen molar-refractivity contribution >= 4 is 0 Å². The lowest BCUT2D eigenvalue weighted by atomic mass is 10.1. The van der Waals surface area contributed by atoms with Gasteiger partial charge in [-0.2, -0.15) is 0 Å². The topological polar surface area (TPSA) is 20.2 Å². The van der Waals surface area contributed by atoms with Crippen molar-refractivity contribution in [2.45, 2.75) is 45.1 Å². The molecule has 0 unspecified atom stereocenters. The molecule has 0 bridgehead atoms. The summed E-state index contributed by atoms with van der Waals surface area (Å²) in [5.74, 6) is 0.483. The molecular formula is C12H20O. The van der Waals surface area contributed by atoms with Crippen LogP contribution in [0.5, 0.6) is 0 Å². The summed E-state index contributed by atoms with van der Waals surface area (Å²) in [4.78, 5) is 0. The summed E-state index contributed by atoms with van der Waals surface area (Å²) in [5, 5.41) is 9.22. The Balaban J connectivity index is 2.07. The van der Waals surface area contributed by atoms with Crippen molar-refractivity contribution in [1.82, 2.24) is 0 Å². The summed E-state index contributed by atoms with van der Waals surface area (Å²) >= 11 is 0. The van der Waals surface area contributed by atoms with Gasteiger partial charge in [0, 0.05) is 0 Å². The standard InChI is InChI=1S/C12H20O/c1-2-3-4-5-6-7-11-8-9-12(13)10-11/h6-9,11-13H,2-5,10H2,1H3/b7-6+/t11-,12-/m0/s1. The molecule has 1 aliphatic rings. The maximum atomic E-state index is 9.22. The van der Waals surface area contributed by atoms with E-state index in [2.05, 4.69) is 25.2 Å². The fourth-order valence-electron chi connectivity index (χ4n) is 1.63. The molecule has 0 fully saturated rings. The van der Waals surface area contributed by atoms with Crippen molar-refractivity contribution in [2.75, 3.05) is 0 Å². The molecule has 2 atom stereocenters. The van der Waals surface area contributed by atoms with Crippen LogP contribution in [0.15, 0.2) is 24.3 Å². The second kappa shape index (κ2) is 5.98. The molecule has 1 aliphatic carbocycles. The first-order valence-corrected chi connectivity index (χ1v) is 5.36. The summed E-state index contributed by atoms with van der Waals surface area (Å²) < 4.78 is 0. The van der Waals surface area contributed by atoms with Gasteiger partial charge in [-0.05, 0) is 25.2 Å². The van der Waals surface area contributed by atoms with Crippen LogP contribution in [0, 0.1) is 5.92 Å². The lowest BCUT2D eigenvalue weighted by Gasteiger charge is -2.01. The molecule has 0 saturated carbocycles. The van der Waals surface area contributed by atoms with Crippen molar-refractivity contribution in [3.05, 3.63) is 24.3 Å².